The molecule has 0 fully saturated rings. The first-order valence-electron chi connectivity index (χ1n) is 7.95. The minimum atomic E-state index is -1.07. The van der Waals surface area contributed by atoms with Crippen molar-refractivity contribution in [3.8, 4) is 0 Å². The van der Waals surface area contributed by atoms with Crippen LogP contribution in [-0.4, -0.2) is 27.3 Å². The van der Waals surface area contributed by atoms with Crippen molar-refractivity contribution in [2.24, 2.45) is 0 Å². The number of rotatable bonds is 5. The van der Waals surface area contributed by atoms with Crippen molar-refractivity contribution in [1.29, 1.82) is 0 Å². The Balaban J connectivity index is 2.20. The molecule has 6 heteroatoms. The predicted octanol–water partition coefficient (Wildman–Crippen LogP) is 5.34. The van der Waals surface area contributed by atoms with Crippen LogP contribution in [0.1, 0.15) is 42.7 Å². The molecule has 0 N–H and O–H groups in total. The largest absolute Gasteiger partial charge is 0.335 e. The summed E-state index contributed by atoms with van der Waals surface area (Å²) in [6, 6.07) is 12.0. The lowest BCUT2D eigenvalue weighted by Gasteiger charge is -2.26. The molecular formula is C19H21Cl2NO2S. The first kappa shape index (κ1) is 20.0. The maximum absolute atomic E-state index is 12.7. The summed E-state index contributed by atoms with van der Waals surface area (Å²) >= 11 is 12.2. The molecule has 0 unspecified atom stereocenters. The lowest BCUT2D eigenvalue weighted by atomic mass is 10.1. The zero-order valence-corrected chi connectivity index (χ0v) is 17.0. The second-order valence-corrected chi connectivity index (χ2v) is 8.98. The number of carbonyl (C=O) groups is 1. The third-order valence-corrected chi connectivity index (χ3v) is 6.23. The molecule has 0 aliphatic carbocycles. The normalized spacial score (nSPS) is 13.6. The van der Waals surface area contributed by atoms with E-state index in [9.17, 15) is 9.00 Å². The maximum Gasteiger partial charge on any atom is 0.254 e. The highest BCUT2D eigenvalue weighted by Gasteiger charge is 2.21. The molecule has 3 nitrogen and oxygen atoms in total. The molecule has 2 atom stereocenters. The van der Waals surface area contributed by atoms with E-state index in [0.717, 1.165) is 10.5 Å². The predicted molar refractivity (Wildman–Crippen MR) is 105 cm³/mol. The first-order valence-corrected chi connectivity index (χ1v) is 9.92. The molecule has 0 bridgehead atoms. The van der Waals surface area contributed by atoms with E-state index in [2.05, 4.69) is 0 Å². The van der Waals surface area contributed by atoms with Gasteiger partial charge in [0.15, 0.2) is 0 Å². The minimum absolute atomic E-state index is 0.0382. The van der Waals surface area contributed by atoms with Gasteiger partial charge in [0.2, 0.25) is 0 Å². The third-order valence-electron chi connectivity index (χ3n) is 4.08. The number of nitrogens with zero attached hydrogens (tertiary/aromatic N) is 1. The van der Waals surface area contributed by atoms with E-state index >= 15 is 0 Å². The summed E-state index contributed by atoms with van der Waals surface area (Å²) in [6.45, 7) is 5.72. The van der Waals surface area contributed by atoms with Crippen LogP contribution in [0.25, 0.3) is 0 Å². The highest BCUT2D eigenvalue weighted by Crippen LogP contribution is 2.29. The summed E-state index contributed by atoms with van der Waals surface area (Å²) in [5.41, 5.74) is 1.38. The van der Waals surface area contributed by atoms with Crippen LogP contribution < -0.4 is 0 Å². The lowest BCUT2D eigenvalue weighted by molar-refractivity contribution is 0.0742. The van der Waals surface area contributed by atoms with E-state index in [-0.39, 0.29) is 17.2 Å². The molecule has 0 spiro atoms. The molecular weight excluding hydrogens is 377 g/mol. The number of amides is 1. The summed E-state index contributed by atoms with van der Waals surface area (Å²) in [4.78, 5) is 15.1. The van der Waals surface area contributed by atoms with E-state index in [1.165, 1.54) is 0 Å². The lowest BCUT2D eigenvalue weighted by Crippen LogP contribution is -2.29. The second-order valence-electron chi connectivity index (χ2n) is 6.13. The average molecular weight is 398 g/mol. The SMILES string of the molecule is CC(C)[S@@](=O)c1ccc(C(=O)N(C)[C@H](C)c2ccc(Cl)cc2Cl)cc1. The molecule has 1 amide bonds. The van der Waals surface area contributed by atoms with Crippen molar-refractivity contribution in [2.75, 3.05) is 7.05 Å². The van der Waals surface area contributed by atoms with Crippen molar-refractivity contribution >= 4 is 39.9 Å². The molecule has 0 heterocycles. The summed E-state index contributed by atoms with van der Waals surface area (Å²) < 4.78 is 12.1. The fourth-order valence-corrected chi connectivity index (χ4v) is 3.95. The van der Waals surface area contributed by atoms with Gasteiger partial charge >= 0.3 is 0 Å². The number of hydrogen-bond acceptors (Lipinski definition) is 2. The number of hydrogen-bond donors (Lipinski definition) is 0. The van der Waals surface area contributed by atoms with Crippen LogP contribution in [0.5, 0.6) is 0 Å². The van der Waals surface area contributed by atoms with Crippen molar-refractivity contribution in [2.45, 2.75) is 37.0 Å². The Morgan fingerprint density at radius 2 is 1.64 bits per heavy atom. The molecule has 2 aromatic carbocycles. The molecule has 25 heavy (non-hydrogen) atoms. The van der Waals surface area contributed by atoms with Gasteiger partial charge in [-0.3, -0.25) is 9.00 Å². The van der Waals surface area contributed by atoms with Gasteiger partial charge in [0.25, 0.3) is 5.91 Å². The van der Waals surface area contributed by atoms with Crippen LogP contribution >= 0.6 is 23.2 Å². The summed E-state index contributed by atoms with van der Waals surface area (Å²) in [5, 5.41) is 1.13. The smallest absolute Gasteiger partial charge is 0.254 e. The summed E-state index contributed by atoms with van der Waals surface area (Å²) in [6.07, 6.45) is 0. The highest BCUT2D eigenvalue weighted by molar-refractivity contribution is 7.85. The van der Waals surface area contributed by atoms with Crippen LogP contribution in [0.15, 0.2) is 47.4 Å². The average Bonchev–Trinajstić information content (AvgIpc) is 2.59. The molecule has 2 rings (SSSR count). The summed E-state index contributed by atoms with van der Waals surface area (Å²) in [5.74, 6) is -0.125. The Bertz CT molecular complexity index is 791. The van der Waals surface area contributed by atoms with Gasteiger partial charge < -0.3 is 4.90 Å². The van der Waals surface area contributed by atoms with Crippen LogP contribution in [-0.2, 0) is 10.8 Å². The van der Waals surface area contributed by atoms with Crippen LogP contribution in [0.4, 0.5) is 0 Å². The van der Waals surface area contributed by atoms with Crippen LogP contribution in [0, 0.1) is 0 Å². The van der Waals surface area contributed by atoms with Gasteiger partial charge in [-0.05, 0) is 48.9 Å². The second kappa shape index (κ2) is 8.35. The van der Waals surface area contributed by atoms with Gasteiger partial charge in [-0.25, -0.2) is 0 Å². The maximum atomic E-state index is 12.7. The molecule has 0 aliphatic rings. The van der Waals surface area contributed by atoms with Gasteiger partial charge in [0.05, 0.1) is 16.8 Å². The number of carbonyl (C=O) groups excluding carboxylic acids is 1. The zero-order chi connectivity index (χ0) is 18.7. The molecule has 134 valence electrons. The van der Waals surface area contributed by atoms with Crippen molar-refractivity contribution in [3.63, 3.8) is 0 Å². The fraction of sp³-hybridized carbons (Fsp3) is 0.316. The van der Waals surface area contributed by atoms with Gasteiger partial charge in [0, 0.05) is 32.8 Å². The minimum Gasteiger partial charge on any atom is -0.335 e. The van der Waals surface area contributed by atoms with Crippen molar-refractivity contribution in [1.82, 2.24) is 4.90 Å². The van der Waals surface area contributed by atoms with Gasteiger partial charge in [-0.1, -0.05) is 43.1 Å². The zero-order valence-electron chi connectivity index (χ0n) is 14.6. The Labute approximate surface area is 161 Å². The Hall–Kier alpha value is -1.36. The van der Waals surface area contributed by atoms with E-state index in [1.807, 2.05) is 26.8 Å². The quantitative estimate of drug-likeness (QED) is 0.682. The fourth-order valence-electron chi connectivity index (χ4n) is 2.43. The molecule has 0 aromatic heterocycles. The van der Waals surface area contributed by atoms with Gasteiger partial charge in [-0.15, -0.1) is 0 Å². The number of benzene rings is 2. The Morgan fingerprint density at radius 3 is 2.16 bits per heavy atom. The summed E-state index contributed by atoms with van der Waals surface area (Å²) in [7, 11) is 0.668. The van der Waals surface area contributed by atoms with E-state index in [1.54, 1.807) is 48.3 Å². The third kappa shape index (κ3) is 4.63. The Morgan fingerprint density at radius 1 is 1.04 bits per heavy atom. The van der Waals surface area contributed by atoms with Crippen molar-refractivity contribution in [3.05, 3.63) is 63.6 Å². The van der Waals surface area contributed by atoms with E-state index < -0.39 is 10.8 Å². The van der Waals surface area contributed by atoms with Crippen LogP contribution in [0.3, 0.4) is 0 Å². The molecule has 0 radical (unpaired) electrons. The standard InChI is InChI=1S/C19H21Cl2NO2S/c1-12(2)25(24)16-8-5-14(6-9-16)19(23)22(4)13(3)17-10-7-15(20)11-18(17)21/h5-13H,1-4H3/t13-,25-/m1/s1. The number of halogens is 2. The highest BCUT2D eigenvalue weighted by atomic mass is 35.5. The van der Waals surface area contributed by atoms with Crippen molar-refractivity contribution < 1.29 is 9.00 Å². The van der Waals surface area contributed by atoms with Gasteiger partial charge in [-0.2, -0.15) is 0 Å². The Kier molecular flexibility index (Phi) is 6.66. The van der Waals surface area contributed by atoms with Gasteiger partial charge in [0.1, 0.15) is 0 Å². The molecule has 0 saturated carbocycles. The topological polar surface area (TPSA) is 37.4 Å². The van der Waals surface area contributed by atoms with E-state index in [0.29, 0.717) is 15.6 Å². The molecule has 0 aliphatic heterocycles. The first-order chi connectivity index (χ1) is 11.7. The molecule has 2 aromatic rings. The molecule has 0 saturated heterocycles. The van der Waals surface area contributed by atoms with E-state index in [4.69, 9.17) is 23.2 Å². The monoisotopic (exact) mass is 397 g/mol. The van der Waals surface area contributed by atoms with Crippen LogP contribution in [0.2, 0.25) is 10.0 Å².